The van der Waals surface area contributed by atoms with Crippen LogP contribution in [0.25, 0.3) is 11.0 Å². The molecule has 2 rings (SSSR count). The molecule has 1 aromatic carbocycles. The zero-order valence-electron chi connectivity index (χ0n) is 8.49. The molecule has 0 spiro atoms. The summed E-state index contributed by atoms with van der Waals surface area (Å²) in [6.07, 6.45) is 0. The van der Waals surface area contributed by atoms with Gasteiger partial charge in [0, 0.05) is 0 Å². The molecule has 0 bridgehead atoms. The summed E-state index contributed by atoms with van der Waals surface area (Å²) in [5.41, 5.74) is 0.854. The number of H-pyrrole nitrogens is 1. The number of carbonyl (C=O) groups excluding carboxylic acids is 1. The van der Waals surface area contributed by atoms with Crippen molar-refractivity contribution in [1.82, 2.24) is 9.55 Å². The molecule has 0 aliphatic rings. The number of benzene rings is 1. The van der Waals surface area contributed by atoms with E-state index < -0.39 is 11.8 Å². The van der Waals surface area contributed by atoms with Gasteiger partial charge in [0.2, 0.25) is 0 Å². The fraction of sp³-hybridized carbons (Fsp3) is 0.200. The van der Waals surface area contributed by atoms with E-state index in [1.54, 1.807) is 12.1 Å². The second-order valence-corrected chi connectivity index (χ2v) is 3.61. The fourth-order valence-electron chi connectivity index (χ4n) is 1.50. The smallest absolute Gasteiger partial charge is 0.325 e. The molecule has 0 unspecified atom stereocenters. The SMILES string of the molecule is COC(=O)Cn1c(=S)[nH]c2c(F)cccc21. The zero-order valence-corrected chi connectivity index (χ0v) is 9.31. The Morgan fingerprint density at radius 3 is 3.06 bits per heavy atom. The number of para-hydroxylation sites is 1. The first kappa shape index (κ1) is 10.8. The Labute approximate surface area is 95.6 Å². The lowest BCUT2D eigenvalue weighted by Crippen LogP contribution is -2.11. The second kappa shape index (κ2) is 4.05. The number of hydrogen-bond acceptors (Lipinski definition) is 3. The normalized spacial score (nSPS) is 10.6. The van der Waals surface area contributed by atoms with E-state index in [9.17, 15) is 9.18 Å². The monoisotopic (exact) mass is 240 g/mol. The molecule has 0 saturated carbocycles. The van der Waals surface area contributed by atoms with Crippen LogP contribution in [0.2, 0.25) is 0 Å². The van der Waals surface area contributed by atoms with Crippen LogP contribution in [0.4, 0.5) is 4.39 Å². The molecular formula is C10H9FN2O2S. The largest absolute Gasteiger partial charge is 0.468 e. The van der Waals surface area contributed by atoms with E-state index in [4.69, 9.17) is 12.2 Å². The average Bonchev–Trinajstić information content (AvgIpc) is 2.58. The first-order valence-corrected chi connectivity index (χ1v) is 4.98. The van der Waals surface area contributed by atoms with Crippen molar-refractivity contribution in [3.63, 3.8) is 0 Å². The van der Waals surface area contributed by atoms with Crippen molar-refractivity contribution in [2.24, 2.45) is 0 Å². The molecule has 0 aliphatic carbocycles. The summed E-state index contributed by atoms with van der Waals surface area (Å²) in [4.78, 5) is 13.9. The molecule has 84 valence electrons. The maximum absolute atomic E-state index is 13.4. The lowest BCUT2D eigenvalue weighted by molar-refractivity contribution is -0.141. The Balaban J connectivity index is 2.61. The van der Waals surface area contributed by atoms with E-state index in [1.807, 2.05) is 0 Å². The van der Waals surface area contributed by atoms with Crippen molar-refractivity contribution in [3.05, 3.63) is 28.8 Å². The number of rotatable bonds is 2. The number of aromatic nitrogens is 2. The van der Waals surface area contributed by atoms with Gasteiger partial charge in [0.15, 0.2) is 4.77 Å². The number of methoxy groups -OCH3 is 1. The molecule has 0 fully saturated rings. The Bertz CT molecular complexity index is 602. The number of ether oxygens (including phenoxy) is 1. The minimum absolute atomic E-state index is 0.0290. The minimum atomic E-state index is -0.429. The third-order valence-electron chi connectivity index (χ3n) is 2.27. The van der Waals surface area contributed by atoms with E-state index in [0.29, 0.717) is 15.8 Å². The maximum atomic E-state index is 13.4. The number of fused-ring (bicyclic) bond motifs is 1. The number of carbonyl (C=O) groups is 1. The van der Waals surface area contributed by atoms with Crippen LogP contribution in [0.5, 0.6) is 0 Å². The highest BCUT2D eigenvalue weighted by atomic mass is 32.1. The van der Waals surface area contributed by atoms with E-state index in [-0.39, 0.29) is 6.54 Å². The Kier molecular flexibility index (Phi) is 2.74. The molecule has 1 heterocycles. The highest BCUT2D eigenvalue weighted by Crippen LogP contribution is 2.17. The average molecular weight is 240 g/mol. The predicted molar refractivity (Wildman–Crippen MR) is 59.1 cm³/mol. The van der Waals surface area contributed by atoms with Crippen molar-refractivity contribution >= 4 is 29.2 Å². The number of esters is 1. The molecule has 0 aliphatic heterocycles. The van der Waals surface area contributed by atoms with Gasteiger partial charge in [-0.25, -0.2) is 4.39 Å². The summed E-state index contributed by atoms with van der Waals surface area (Å²) in [6.45, 7) is -0.0290. The summed E-state index contributed by atoms with van der Waals surface area (Å²) in [5, 5.41) is 0. The molecule has 0 atom stereocenters. The van der Waals surface area contributed by atoms with Gasteiger partial charge in [-0.2, -0.15) is 0 Å². The zero-order chi connectivity index (χ0) is 11.7. The summed E-state index contributed by atoms with van der Waals surface area (Å²) >= 11 is 5.01. The minimum Gasteiger partial charge on any atom is -0.468 e. The predicted octanol–water partition coefficient (Wildman–Crippen LogP) is 2.01. The lowest BCUT2D eigenvalue weighted by atomic mass is 10.3. The van der Waals surface area contributed by atoms with Gasteiger partial charge in [0.1, 0.15) is 17.9 Å². The molecular weight excluding hydrogens is 231 g/mol. The van der Waals surface area contributed by atoms with Crippen LogP contribution in [0, 0.1) is 10.6 Å². The van der Waals surface area contributed by atoms with Crippen LogP contribution in [0.3, 0.4) is 0 Å². The van der Waals surface area contributed by atoms with Crippen molar-refractivity contribution < 1.29 is 13.9 Å². The Hall–Kier alpha value is -1.69. The number of nitrogens with one attached hydrogen (secondary N) is 1. The Morgan fingerprint density at radius 2 is 2.38 bits per heavy atom. The molecule has 2 aromatic rings. The van der Waals surface area contributed by atoms with Crippen LogP contribution in [-0.4, -0.2) is 22.6 Å². The highest BCUT2D eigenvalue weighted by Gasteiger charge is 2.10. The third-order valence-corrected chi connectivity index (χ3v) is 2.60. The topological polar surface area (TPSA) is 47.0 Å². The van der Waals surface area contributed by atoms with E-state index >= 15 is 0 Å². The van der Waals surface area contributed by atoms with Gasteiger partial charge < -0.3 is 14.3 Å². The number of imidazole rings is 1. The standard InChI is InChI=1S/C10H9FN2O2S/c1-15-8(14)5-13-7-4-2-3-6(11)9(7)12-10(13)16/h2-4H,5H2,1H3,(H,12,16). The molecule has 16 heavy (non-hydrogen) atoms. The summed E-state index contributed by atoms with van der Waals surface area (Å²) in [7, 11) is 1.29. The van der Waals surface area contributed by atoms with Crippen LogP contribution >= 0.6 is 12.2 Å². The van der Waals surface area contributed by atoms with Gasteiger partial charge in [-0.05, 0) is 24.4 Å². The molecule has 6 heteroatoms. The summed E-state index contributed by atoms with van der Waals surface area (Å²) in [5.74, 6) is -0.825. The van der Waals surface area contributed by atoms with Crippen molar-refractivity contribution in [2.45, 2.75) is 6.54 Å². The Morgan fingerprint density at radius 1 is 1.62 bits per heavy atom. The molecule has 1 aromatic heterocycles. The van der Waals surface area contributed by atoms with Crippen LogP contribution in [-0.2, 0) is 16.1 Å². The first-order valence-electron chi connectivity index (χ1n) is 4.57. The third kappa shape index (κ3) is 1.71. The lowest BCUT2D eigenvalue weighted by Gasteiger charge is -2.02. The number of hydrogen-bond donors (Lipinski definition) is 1. The van der Waals surface area contributed by atoms with Crippen LogP contribution < -0.4 is 0 Å². The maximum Gasteiger partial charge on any atom is 0.325 e. The van der Waals surface area contributed by atoms with Gasteiger partial charge in [0.05, 0.1) is 12.6 Å². The van der Waals surface area contributed by atoms with Gasteiger partial charge in [0.25, 0.3) is 0 Å². The number of nitrogens with zero attached hydrogens (tertiary/aromatic N) is 1. The van der Waals surface area contributed by atoms with E-state index in [1.165, 1.54) is 17.7 Å². The van der Waals surface area contributed by atoms with Gasteiger partial charge in [-0.1, -0.05) is 6.07 Å². The van der Waals surface area contributed by atoms with E-state index in [2.05, 4.69) is 9.72 Å². The van der Waals surface area contributed by atoms with Crippen LogP contribution in [0.1, 0.15) is 0 Å². The molecule has 0 amide bonds. The molecule has 4 nitrogen and oxygen atoms in total. The van der Waals surface area contributed by atoms with Gasteiger partial charge in [-0.3, -0.25) is 4.79 Å². The number of halogens is 1. The second-order valence-electron chi connectivity index (χ2n) is 3.23. The van der Waals surface area contributed by atoms with Gasteiger partial charge >= 0.3 is 5.97 Å². The number of aromatic amines is 1. The molecule has 1 N–H and O–H groups in total. The summed E-state index contributed by atoms with van der Waals surface area (Å²) in [6, 6.07) is 4.58. The quantitative estimate of drug-likeness (QED) is 0.645. The van der Waals surface area contributed by atoms with Crippen LogP contribution in [0.15, 0.2) is 18.2 Å². The highest BCUT2D eigenvalue weighted by molar-refractivity contribution is 7.71. The fourth-order valence-corrected chi connectivity index (χ4v) is 1.76. The molecule has 0 saturated heterocycles. The van der Waals surface area contributed by atoms with Crippen molar-refractivity contribution in [1.29, 1.82) is 0 Å². The summed E-state index contributed by atoms with van der Waals surface area (Å²) < 4.78 is 19.7. The first-order chi connectivity index (χ1) is 7.63. The molecule has 0 radical (unpaired) electrons. The van der Waals surface area contributed by atoms with Crippen molar-refractivity contribution in [2.75, 3.05) is 7.11 Å². The van der Waals surface area contributed by atoms with Gasteiger partial charge in [-0.15, -0.1) is 0 Å². The van der Waals surface area contributed by atoms with Crippen molar-refractivity contribution in [3.8, 4) is 0 Å². The van der Waals surface area contributed by atoms with E-state index in [0.717, 1.165) is 0 Å².